The maximum Gasteiger partial charge on any atom is 0.161 e. The summed E-state index contributed by atoms with van der Waals surface area (Å²) in [5, 5.41) is 0. The summed E-state index contributed by atoms with van der Waals surface area (Å²) >= 11 is 0. The highest BCUT2D eigenvalue weighted by Crippen LogP contribution is 2.58. The third kappa shape index (κ3) is 2.57. The molecule has 6 rings (SSSR count). The zero-order valence-corrected chi connectivity index (χ0v) is 18.7. The Kier molecular flexibility index (Phi) is 4.21. The first-order valence-electron chi connectivity index (χ1n) is 11.8. The van der Waals surface area contributed by atoms with Gasteiger partial charge in [0.2, 0.25) is 0 Å². The van der Waals surface area contributed by atoms with Gasteiger partial charge in [0.1, 0.15) is 13.2 Å². The van der Waals surface area contributed by atoms with E-state index in [0.29, 0.717) is 25.0 Å². The Morgan fingerprint density at radius 2 is 1.45 bits per heavy atom. The number of benzene rings is 3. The van der Waals surface area contributed by atoms with Crippen molar-refractivity contribution in [3.8, 4) is 22.6 Å². The highest BCUT2D eigenvalue weighted by atomic mass is 16.6. The minimum absolute atomic E-state index is 0.0442. The zero-order valence-electron chi connectivity index (χ0n) is 18.7. The number of fused-ring (bicyclic) bond motifs is 5. The lowest BCUT2D eigenvalue weighted by molar-refractivity contribution is 0.171. The molecule has 31 heavy (non-hydrogen) atoms. The van der Waals surface area contributed by atoms with E-state index in [1.165, 1.54) is 45.4 Å². The van der Waals surface area contributed by atoms with Crippen LogP contribution in [0, 0.1) is 0 Å². The molecule has 1 unspecified atom stereocenters. The van der Waals surface area contributed by atoms with Crippen LogP contribution in [0.3, 0.4) is 0 Å². The Labute approximate surface area is 185 Å². The summed E-state index contributed by atoms with van der Waals surface area (Å²) in [6, 6.07) is 20.7. The molecule has 0 N–H and O–H groups in total. The maximum absolute atomic E-state index is 5.98. The van der Waals surface area contributed by atoms with Gasteiger partial charge in [-0.2, -0.15) is 0 Å². The second-order valence-corrected chi connectivity index (χ2v) is 9.46. The predicted molar refractivity (Wildman–Crippen MR) is 126 cm³/mol. The molecule has 1 heterocycles. The Morgan fingerprint density at radius 3 is 2.16 bits per heavy atom. The van der Waals surface area contributed by atoms with Gasteiger partial charge in [0.15, 0.2) is 11.5 Å². The number of hydrogen-bond donors (Lipinski definition) is 0. The second kappa shape index (κ2) is 6.88. The van der Waals surface area contributed by atoms with Gasteiger partial charge in [-0.25, -0.2) is 0 Å². The number of ether oxygens (including phenoxy) is 2. The average molecular weight is 411 g/mol. The van der Waals surface area contributed by atoms with Crippen LogP contribution < -0.4 is 9.47 Å². The van der Waals surface area contributed by atoms with Crippen molar-refractivity contribution >= 4 is 0 Å². The molecule has 0 saturated carbocycles. The zero-order chi connectivity index (χ0) is 21.2. The van der Waals surface area contributed by atoms with Gasteiger partial charge < -0.3 is 9.47 Å². The van der Waals surface area contributed by atoms with E-state index in [1.54, 1.807) is 0 Å². The van der Waals surface area contributed by atoms with Crippen LogP contribution in [0.4, 0.5) is 0 Å². The molecule has 2 nitrogen and oxygen atoms in total. The molecule has 158 valence electrons. The summed E-state index contributed by atoms with van der Waals surface area (Å²) in [5.41, 5.74) is 10.2. The van der Waals surface area contributed by atoms with Crippen molar-refractivity contribution in [2.45, 2.75) is 57.3 Å². The molecule has 3 aromatic carbocycles. The van der Waals surface area contributed by atoms with Gasteiger partial charge in [-0.05, 0) is 76.3 Å². The summed E-state index contributed by atoms with van der Waals surface area (Å²) in [6.07, 6.45) is 3.38. The Hall–Kier alpha value is -2.74. The first kappa shape index (κ1) is 19.0. The van der Waals surface area contributed by atoms with Crippen molar-refractivity contribution in [2.75, 3.05) is 13.2 Å². The molecule has 0 amide bonds. The molecule has 0 bridgehead atoms. The van der Waals surface area contributed by atoms with Gasteiger partial charge in [-0.15, -0.1) is 0 Å². The van der Waals surface area contributed by atoms with E-state index < -0.39 is 0 Å². The molecular weight excluding hydrogens is 380 g/mol. The normalized spacial score (nSPS) is 22.0. The minimum atomic E-state index is 0.0442. The van der Waals surface area contributed by atoms with Gasteiger partial charge in [-0.3, -0.25) is 0 Å². The number of hydrogen-bond acceptors (Lipinski definition) is 2. The fourth-order valence-electron chi connectivity index (χ4n) is 6.45. The van der Waals surface area contributed by atoms with Crippen molar-refractivity contribution in [1.29, 1.82) is 0 Å². The standard InChI is InChI=1S/C29H30O2/c1-4-29(5-2)25-15-22-20(18(3)13-21(22)19-9-7-6-8-10-19)14-23(25)24-16-27-28(17-26(24)29)31-12-11-30-27/h6-10,14-18,21H,4-5,11-13H2,1-3H3/t18-,21?/m0/s1. The van der Waals surface area contributed by atoms with Crippen molar-refractivity contribution in [2.24, 2.45) is 0 Å². The quantitative estimate of drug-likeness (QED) is 0.455. The van der Waals surface area contributed by atoms with Gasteiger partial charge in [0.05, 0.1) is 0 Å². The predicted octanol–water partition coefficient (Wildman–Crippen LogP) is 7.18. The fourth-order valence-corrected chi connectivity index (χ4v) is 6.45. The smallest absolute Gasteiger partial charge is 0.161 e. The fraction of sp³-hybridized carbons (Fsp3) is 0.379. The van der Waals surface area contributed by atoms with Crippen LogP contribution in [0.15, 0.2) is 54.6 Å². The first-order valence-corrected chi connectivity index (χ1v) is 11.8. The molecule has 2 heteroatoms. The van der Waals surface area contributed by atoms with Crippen molar-refractivity contribution < 1.29 is 9.47 Å². The topological polar surface area (TPSA) is 18.5 Å². The monoisotopic (exact) mass is 410 g/mol. The van der Waals surface area contributed by atoms with Gasteiger partial charge >= 0.3 is 0 Å². The van der Waals surface area contributed by atoms with E-state index in [9.17, 15) is 0 Å². The largest absolute Gasteiger partial charge is 0.486 e. The molecule has 3 aromatic rings. The molecule has 0 aromatic heterocycles. The molecule has 0 radical (unpaired) electrons. The lowest BCUT2D eigenvalue weighted by Crippen LogP contribution is -2.24. The third-order valence-corrected chi connectivity index (χ3v) is 8.13. The Bertz CT molecular complexity index is 1160. The second-order valence-electron chi connectivity index (χ2n) is 9.46. The molecule has 3 aliphatic rings. The molecular formula is C29H30O2. The molecule has 0 fully saturated rings. The number of rotatable bonds is 3. The van der Waals surface area contributed by atoms with Gasteiger partial charge in [0, 0.05) is 11.3 Å². The SMILES string of the molecule is CCC1(CC)c2cc3c(cc2-c2cc4c(cc21)C(c1ccccc1)C[C@@H]4C)OCCO3. The van der Waals surface area contributed by atoms with Crippen LogP contribution >= 0.6 is 0 Å². The van der Waals surface area contributed by atoms with E-state index in [0.717, 1.165) is 24.3 Å². The van der Waals surface area contributed by atoms with E-state index in [4.69, 9.17) is 9.47 Å². The van der Waals surface area contributed by atoms with Crippen LogP contribution in [0.5, 0.6) is 11.5 Å². The van der Waals surface area contributed by atoms with Crippen LogP contribution in [0.1, 0.15) is 79.7 Å². The molecule has 2 aliphatic carbocycles. The van der Waals surface area contributed by atoms with Crippen LogP contribution in [-0.4, -0.2) is 13.2 Å². The molecule has 1 aliphatic heterocycles. The summed E-state index contributed by atoms with van der Waals surface area (Å²) < 4.78 is 11.9. The minimum Gasteiger partial charge on any atom is -0.486 e. The highest BCUT2D eigenvalue weighted by Gasteiger charge is 2.44. The summed E-state index contributed by atoms with van der Waals surface area (Å²) in [7, 11) is 0. The molecule has 0 saturated heterocycles. The van der Waals surface area contributed by atoms with Crippen molar-refractivity contribution in [3.05, 3.63) is 82.4 Å². The van der Waals surface area contributed by atoms with Crippen molar-refractivity contribution in [3.63, 3.8) is 0 Å². The lowest BCUT2D eigenvalue weighted by atomic mass is 9.73. The van der Waals surface area contributed by atoms with Crippen LogP contribution in [0.25, 0.3) is 11.1 Å². The lowest BCUT2D eigenvalue weighted by Gasteiger charge is -2.31. The van der Waals surface area contributed by atoms with Gasteiger partial charge in [-0.1, -0.05) is 63.2 Å². The van der Waals surface area contributed by atoms with E-state index in [2.05, 4.69) is 75.4 Å². The summed E-state index contributed by atoms with van der Waals surface area (Å²) in [4.78, 5) is 0. The summed E-state index contributed by atoms with van der Waals surface area (Å²) in [5.74, 6) is 2.87. The Morgan fingerprint density at radius 1 is 0.806 bits per heavy atom. The van der Waals surface area contributed by atoms with Crippen LogP contribution in [0.2, 0.25) is 0 Å². The van der Waals surface area contributed by atoms with Crippen molar-refractivity contribution in [1.82, 2.24) is 0 Å². The third-order valence-electron chi connectivity index (χ3n) is 8.13. The van der Waals surface area contributed by atoms with E-state index in [1.807, 2.05) is 0 Å². The van der Waals surface area contributed by atoms with Crippen LogP contribution in [-0.2, 0) is 5.41 Å². The molecule has 2 atom stereocenters. The van der Waals surface area contributed by atoms with E-state index in [-0.39, 0.29) is 5.41 Å². The first-order chi connectivity index (χ1) is 15.2. The average Bonchev–Trinajstić information content (AvgIpc) is 3.28. The van der Waals surface area contributed by atoms with Gasteiger partial charge in [0.25, 0.3) is 0 Å². The highest BCUT2D eigenvalue weighted by molar-refractivity contribution is 5.84. The summed E-state index contributed by atoms with van der Waals surface area (Å²) in [6.45, 7) is 8.33. The Balaban J connectivity index is 1.59. The molecule has 0 spiro atoms. The van der Waals surface area contributed by atoms with E-state index >= 15 is 0 Å². The maximum atomic E-state index is 5.98.